The summed E-state index contributed by atoms with van der Waals surface area (Å²) in [5.74, 6) is 0.454. The van der Waals surface area contributed by atoms with Gasteiger partial charge in [0.1, 0.15) is 16.7 Å². The summed E-state index contributed by atoms with van der Waals surface area (Å²) in [7, 11) is 0. The largest absolute Gasteiger partial charge is 0.441 e. The number of alkyl halides is 2. The molecule has 0 unspecified atom stereocenters. The van der Waals surface area contributed by atoms with Crippen molar-refractivity contribution in [1.29, 1.82) is 0 Å². The summed E-state index contributed by atoms with van der Waals surface area (Å²) in [6.07, 6.45) is 0.520. The van der Waals surface area contributed by atoms with Crippen molar-refractivity contribution in [2.75, 3.05) is 13.1 Å². The van der Waals surface area contributed by atoms with E-state index in [0.717, 1.165) is 5.56 Å². The Labute approximate surface area is 145 Å². The molecule has 23 heavy (non-hydrogen) atoms. The van der Waals surface area contributed by atoms with Gasteiger partial charge in [-0.05, 0) is 26.3 Å². The fourth-order valence-corrected chi connectivity index (χ4v) is 4.31. The Morgan fingerprint density at radius 3 is 2.39 bits per heavy atom. The van der Waals surface area contributed by atoms with Crippen LogP contribution in [0.2, 0.25) is 0 Å². The number of ether oxygens (including phenoxy) is 2. The molecule has 0 spiro atoms. The van der Waals surface area contributed by atoms with Crippen molar-refractivity contribution in [3.8, 4) is 5.75 Å². The molecular formula is C17H19Cl2NO3. The maximum absolute atomic E-state index is 12.7. The molecule has 0 radical (unpaired) electrons. The number of rotatable bonds is 4. The second kappa shape index (κ2) is 5.60. The van der Waals surface area contributed by atoms with Gasteiger partial charge in [0.25, 0.3) is 4.52 Å². The van der Waals surface area contributed by atoms with E-state index in [1.54, 1.807) is 6.07 Å². The first kappa shape index (κ1) is 16.5. The molecule has 0 N–H and O–H groups in total. The number of nitrogens with zero attached hydrogens (tertiary/aromatic N) is 1. The molecule has 0 saturated carbocycles. The highest BCUT2D eigenvalue weighted by Crippen LogP contribution is 2.61. The lowest BCUT2D eigenvalue weighted by molar-refractivity contribution is -0.132. The van der Waals surface area contributed by atoms with Gasteiger partial charge >= 0.3 is 5.97 Å². The SMILES string of the molecule is CCN(CC)C1=C2C(=O)Oc3ccccc3[C@@]2(CC)C(Cl)(Cl)O1. The van der Waals surface area contributed by atoms with Crippen LogP contribution in [0.25, 0.3) is 0 Å². The minimum absolute atomic E-state index is 0.410. The van der Waals surface area contributed by atoms with Gasteiger partial charge < -0.3 is 14.4 Å². The van der Waals surface area contributed by atoms with Crippen LogP contribution in [0.15, 0.2) is 35.7 Å². The van der Waals surface area contributed by atoms with Crippen molar-refractivity contribution >= 4 is 29.2 Å². The van der Waals surface area contributed by atoms with Crippen molar-refractivity contribution in [2.24, 2.45) is 0 Å². The Morgan fingerprint density at radius 2 is 1.78 bits per heavy atom. The molecule has 2 aliphatic heterocycles. The van der Waals surface area contributed by atoms with Crippen LogP contribution in [0.4, 0.5) is 0 Å². The van der Waals surface area contributed by atoms with Crippen LogP contribution in [-0.2, 0) is 14.9 Å². The molecule has 0 bridgehead atoms. The second-order valence-electron chi connectivity index (χ2n) is 5.62. The lowest BCUT2D eigenvalue weighted by Crippen LogP contribution is -2.47. The Balaban J connectivity index is 2.33. The summed E-state index contributed by atoms with van der Waals surface area (Å²) < 4.78 is 9.85. The van der Waals surface area contributed by atoms with Gasteiger partial charge in [-0.2, -0.15) is 0 Å². The number of para-hydroxylation sites is 1. The molecule has 0 fully saturated rings. The molecule has 0 amide bonds. The van der Waals surface area contributed by atoms with Crippen molar-refractivity contribution in [3.63, 3.8) is 0 Å². The van der Waals surface area contributed by atoms with Crippen molar-refractivity contribution in [2.45, 2.75) is 37.1 Å². The smallest absolute Gasteiger partial charge is 0.346 e. The Kier molecular flexibility index (Phi) is 4.01. The summed E-state index contributed by atoms with van der Waals surface area (Å²) in [6.45, 7) is 7.27. The highest BCUT2D eigenvalue weighted by atomic mass is 35.5. The van der Waals surface area contributed by atoms with E-state index in [1.165, 1.54) is 0 Å². The lowest BCUT2D eigenvalue weighted by atomic mass is 9.71. The molecule has 2 heterocycles. The Bertz CT molecular complexity index is 682. The Hall–Kier alpha value is -1.39. The minimum atomic E-state index is -1.56. The van der Waals surface area contributed by atoms with Gasteiger partial charge in [-0.25, -0.2) is 4.79 Å². The zero-order chi connectivity index (χ0) is 16.8. The van der Waals surface area contributed by atoms with Crippen LogP contribution in [0, 0.1) is 0 Å². The first-order valence-corrected chi connectivity index (χ1v) is 8.56. The monoisotopic (exact) mass is 355 g/mol. The average Bonchev–Trinajstić information content (AvgIpc) is 2.78. The number of carbonyl (C=O) groups excluding carboxylic acids is 1. The predicted octanol–water partition coefficient (Wildman–Crippen LogP) is 3.97. The van der Waals surface area contributed by atoms with Crippen molar-refractivity contribution in [1.82, 2.24) is 4.90 Å². The first-order chi connectivity index (χ1) is 10.9. The van der Waals surface area contributed by atoms with E-state index in [-0.39, 0.29) is 0 Å². The zero-order valence-electron chi connectivity index (χ0n) is 13.4. The minimum Gasteiger partial charge on any atom is -0.441 e. The van der Waals surface area contributed by atoms with Crippen LogP contribution in [0.5, 0.6) is 5.75 Å². The van der Waals surface area contributed by atoms with Gasteiger partial charge in [0.05, 0.1) is 0 Å². The summed E-state index contributed by atoms with van der Waals surface area (Å²) in [4.78, 5) is 14.7. The number of halogens is 2. The van der Waals surface area contributed by atoms with Crippen LogP contribution >= 0.6 is 23.2 Å². The molecule has 0 aliphatic carbocycles. The van der Waals surface area contributed by atoms with E-state index in [9.17, 15) is 4.79 Å². The molecular weight excluding hydrogens is 337 g/mol. The number of hydrogen-bond acceptors (Lipinski definition) is 4. The normalized spacial score (nSPS) is 24.7. The van der Waals surface area contributed by atoms with E-state index in [2.05, 4.69) is 0 Å². The molecule has 2 aliphatic rings. The van der Waals surface area contributed by atoms with Gasteiger partial charge in [0, 0.05) is 18.7 Å². The highest BCUT2D eigenvalue weighted by Gasteiger charge is 2.66. The van der Waals surface area contributed by atoms with E-state index in [0.29, 0.717) is 36.7 Å². The fraction of sp³-hybridized carbons (Fsp3) is 0.471. The van der Waals surface area contributed by atoms with Crippen molar-refractivity contribution in [3.05, 3.63) is 41.3 Å². The maximum atomic E-state index is 12.7. The molecule has 1 aromatic rings. The molecule has 4 nitrogen and oxygen atoms in total. The average molecular weight is 356 g/mol. The number of carbonyl (C=O) groups is 1. The number of fused-ring (bicyclic) bond motifs is 3. The van der Waals surface area contributed by atoms with E-state index >= 15 is 0 Å². The summed E-state index contributed by atoms with van der Waals surface area (Å²) in [6, 6.07) is 7.34. The number of hydrogen-bond donors (Lipinski definition) is 0. The molecule has 3 rings (SSSR count). The van der Waals surface area contributed by atoms with Crippen LogP contribution in [-0.4, -0.2) is 28.5 Å². The third kappa shape index (κ3) is 2.08. The fourth-order valence-electron chi connectivity index (χ4n) is 3.51. The number of benzene rings is 1. The van der Waals surface area contributed by atoms with Crippen molar-refractivity contribution < 1.29 is 14.3 Å². The number of esters is 1. The molecule has 6 heteroatoms. The Morgan fingerprint density at radius 1 is 1.13 bits per heavy atom. The first-order valence-electron chi connectivity index (χ1n) is 7.81. The highest BCUT2D eigenvalue weighted by molar-refractivity contribution is 6.49. The van der Waals surface area contributed by atoms with E-state index in [1.807, 2.05) is 43.9 Å². The predicted molar refractivity (Wildman–Crippen MR) is 89.5 cm³/mol. The quantitative estimate of drug-likeness (QED) is 0.465. The van der Waals surface area contributed by atoms with Gasteiger partial charge in [0.2, 0.25) is 5.88 Å². The van der Waals surface area contributed by atoms with Gasteiger partial charge in [-0.3, -0.25) is 0 Å². The topological polar surface area (TPSA) is 38.8 Å². The van der Waals surface area contributed by atoms with E-state index < -0.39 is 15.9 Å². The summed E-state index contributed by atoms with van der Waals surface area (Å²) >= 11 is 13.2. The third-order valence-corrected chi connectivity index (χ3v) is 5.50. The van der Waals surface area contributed by atoms with Gasteiger partial charge in [-0.1, -0.05) is 48.3 Å². The van der Waals surface area contributed by atoms with Gasteiger partial charge in [0.15, 0.2) is 0 Å². The molecule has 1 aromatic carbocycles. The maximum Gasteiger partial charge on any atom is 0.346 e. The lowest BCUT2D eigenvalue weighted by Gasteiger charge is -2.39. The second-order valence-corrected chi connectivity index (χ2v) is 6.87. The molecule has 124 valence electrons. The molecule has 1 atom stereocenters. The zero-order valence-corrected chi connectivity index (χ0v) is 14.9. The van der Waals surface area contributed by atoms with Crippen LogP contribution < -0.4 is 4.74 Å². The van der Waals surface area contributed by atoms with Gasteiger partial charge in [-0.15, -0.1) is 0 Å². The molecule has 0 saturated heterocycles. The summed E-state index contributed by atoms with van der Waals surface area (Å²) in [5, 5.41) is 0. The third-order valence-electron chi connectivity index (χ3n) is 4.70. The molecule has 0 aromatic heterocycles. The van der Waals surface area contributed by atoms with Crippen LogP contribution in [0.1, 0.15) is 32.8 Å². The standard InChI is InChI=1S/C17H19Cl2NO3/c1-4-16-11-9-7-8-10-12(11)22-15(21)13(16)14(20(5-2)6-3)23-17(16,18)19/h7-10H,4-6H2,1-3H3/t16-/m1/s1. The van der Waals surface area contributed by atoms with Crippen LogP contribution in [0.3, 0.4) is 0 Å². The van der Waals surface area contributed by atoms with E-state index in [4.69, 9.17) is 32.7 Å². The summed E-state index contributed by atoms with van der Waals surface area (Å²) in [5.41, 5.74) is 0.247.